The molecular formula is C11H10ClNO2S. The molecule has 3 nitrogen and oxygen atoms in total. The summed E-state index contributed by atoms with van der Waals surface area (Å²) in [4.78, 5) is 14.2. The molecule has 0 spiro atoms. The SMILES string of the molecule is CSc1nc2c(C(C)(Cl)C=O)cccc2o1. The first-order valence-corrected chi connectivity index (χ1v) is 6.28. The number of carbonyl (C=O) groups is 1. The zero-order valence-electron chi connectivity index (χ0n) is 8.86. The van der Waals surface area contributed by atoms with Gasteiger partial charge in [-0.25, -0.2) is 4.98 Å². The molecule has 1 aromatic carbocycles. The van der Waals surface area contributed by atoms with Crippen molar-refractivity contribution in [3.63, 3.8) is 0 Å². The lowest BCUT2D eigenvalue weighted by atomic mass is 10.0. The number of oxazole rings is 1. The Hall–Kier alpha value is -1.00. The van der Waals surface area contributed by atoms with Crippen molar-refractivity contribution in [2.45, 2.75) is 17.0 Å². The highest BCUT2D eigenvalue weighted by Gasteiger charge is 2.26. The zero-order chi connectivity index (χ0) is 11.8. The summed E-state index contributed by atoms with van der Waals surface area (Å²) in [5.74, 6) is 0. The minimum atomic E-state index is -1.06. The second-order valence-corrected chi connectivity index (χ2v) is 5.07. The lowest BCUT2D eigenvalue weighted by Crippen LogP contribution is -2.15. The Kier molecular flexibility index (Phi) is 2.95. The van der Waals surface area contributed by atoms with Crippen LogP contribution in [0.1, 0.15) is 12.5 Å². The number of alkyl halides is 1. The number of hydrogen-bond acceptors (Lipinski definition) is 4. The third kappa shape index (κ3) is 1.83. The van der Waals surface area contributed by atoms with Crippen molar-refractivity contribution < 1.29 is 9.21 Å². The molecule has 0 amide bonds. The standard InChI is InChI=1S/C11H10ClNO2S/c1-11(12,6-14)7-4-3-5-8-9(7)13-10(15-8)16-2/h3-6H,1-2H3. The molecule has 1 aromatic heterocycles. The van der Waals surface area contributed by atoms with Gasteiger partial charge in [-0.1, -0.05) is 23.9 Å². The van der Waals surface area contributed by atoms with Crippen molar-refractivity contribution in [3.05, 3.63) is 23.8 Å². The molecule has 0 radical (unpaired) electrons. The molecule has 0 fully saturated rings. The van der Waals surface area contributed by atoms with Gasteiger partial charge in [-0.15, -0.1) is 11.6 Å². The number of benzene rings is 1. The molecule has 1 heterocycles. The summed E-state index contributed by atoms with van der Waals surface area (Å²) in [5, 5.41) is 0.570. The first-order valence-electron chi connectivity index (χ1n) is 4.68. The van der Waals surface area contributed by atoms with E-state index in [2.05, 4.69) is 4.98 Å². The van der Waals surface area contributed by atoms with Gasteiger partial charge in [0.05, 0.1) is 0 Å². The molecule has 2 rings (SSSR count). The van der Waals surface area contributed by atoms with Crippen LogP contribution in [0, 0.1) is 0 Å². The van der Waals surface area contributed by atoms with Crippen LogP contribution in [0.15, 0.2) is 27.8 Å². The molecule has 0 saturated heterocycles. The van der Waals surface area contributed by atoms with Gasteiger partial charge in [0.1, 0.15) is 16.7 Å². The average molecular weight is 256 g/mol. The van der Waals surface area contributed by atoms with E-state index in [9.17, 15) is 4.79 Å². The van der Waals surface area contributed by atoms with Crippen LogP contribution in [0.3, 0.4) is 0 Å². The molecule has 1 unspecified atom stereocenters. The smallest absolute Gasteiger partial charge is 0.256 e. The second kappa shape index (κ2) is 4.11. The Balaban J connectivity index is 2.70. The number of para-hydroxylation sites is 1. The maximum absolute atomic E-state index is 11.0. The minimum Gasteiger partial charge on any atom is -0.431 e. The predicted octanol–water partition coefficient (Wildman–Crippen LogP) is 3.20. The van der Waals surface area contributed by atoms with Crippen LogP contribution in [0.4, 0.5) is 0 Å². The van der Waals surface area contributed by atoms with E-state index in [1.165, 1.54) is 11.8 Å². The van der Waals surface area contributed by atoms with E-state index in [1.54, 1.807) is 19.1 Å². The van der Waals surface area contributed by atoms with Crippen LogP contribution in [0.5, 0.6) is 0 Å². The van der Waals surface area contributed by atoms with Crippen molar-refractivity contribution in [2.75, 3.05) is 6.26 Å². The van der Waals surface area contributed by atoms with Gasteiger partial charge in [-0.05, 0) is 19.2 Å². The summed E-state index contributed by atoms with van der Waals surface area (Å²) in [6, 6.07) is 5.40. The van der Waals surface area contributed by atoms with E-state index in [0.29, 0.717) is 28.2 Å². The summed E-state index contributed by atoms with van der Waals surface area (Å²) in [7, 11) is 0. The van der Waals surface area contributed by atoms with Gasteiger partial charge in [0.25, 0.3) is 5.22 Å². The fourth-order valence-electron chi connectivity index (χ4n) is 1.47. The minimum absolute atomic E-state index is 0.570. The largest absolute Gasteiger partial charge is 0.431 e. The molecule has 2 aromatic rings. The first kappa shape index (κ1) is 11.5. The fraction of sp³-hybridized carbons (Fsp3) is 0.273. The van der Waals surface area contributed by atoms with E-state index in [-0.39, 0.29) is 0 Å². The summed E-state index contributed by atoms with van der Waals surface area (Å²) < 4.78 is 5.47. The third-order valence-electron chi connectivity index (χ3n) is 2.32. The molecule has 5 heteroatoms. The lowest BCUT2D eigenvalue weighted by Gasteiger charge is -2.14. The number of hydrogen-bond donors (Lipinski definition) is 0. The third-order valence-corrected chi connectivity index (χ3v) is 3.14. The van der Waals surface area contributed by atoms with Gasteiger partial charge < -0.3 is 9.21 Å². The number of fused-ring (bicyclic) bond motifs is 1. The van der Waals surface area contributed by atoms with Crippen LogP contribution >= 0.6 is 23.4 Å². The molecule has 0 aliphatic carbocycles. The van der Waals surface area contributed by atoms with Gasteiger partial charge in [0.2, 0.25) is 0 Å². The number of nitrogens with zero attached hydrogens (tertiary/aromatic N) is 1. The van der Waals surface area contributed by atoms with Gasteiger partial charge in [0, 0.05) is 5.56 Å². The maximum atomic E-state index is 11.0. The molecule has 0 saturated carbocycles. The van der Waals surface area contributed by atoms with Crippen molar-refractivity contribution in [1.29, 1.82) is 0 Å². The monoisotopic (exact) mass is 255 g/mol. The topological polar surface area (TPSA) is 43.1 Å². The number of carbonyl (C=O) groups excluding carboxylic acids is 1. The van der Waals surface area contributed by atoms with Crippen LogP contribution in [-0.4, -0.2) is 17.5 Å². The number of thioether (sulfide) groups is 1. The quantitative estimate of drug-likeness (QED) is 0.480. The highest BCUT2D eigenvalue weighted by atomic mass is 35.5. The Morgan fingerprint density at radius 3 is 2.94 bits per heavy atom. The number of rotatable bonds is 3. The summed E-state index contributed by atoms with van der Waals surface area (Å²) in [6.45, 7) is 1.64. The Labute approximate surface area is 102 Å². The summed E-state index contributed by atoms with van der Waals surface area (Å²) in [6.07, 6.45) is 2.58. The van der Waals surface area contributed by atoms with Crippen molar-refractivity contribution in [2.24, 2.45) is 0 Å². The first-order chi connectivity index (χ1) is 7.58. The van der Waals surface area contributed by atoms with Crippen LogP contribution in [0.25, 0.3) is 11.1 Å². The number of aldehydes is 1. The molecule has 0 aliphatic heterocycles. The normalized spacial score (nSPS) is 14.9. The predicted molar refractivity (Wildman–Crippen MR) is 65.1 cm³/mol. The second-order valence-electron chi connectivity index (χ2n) is 3.53. The van der Waals surface area contributed by atoms with E-state index in [4.69, 9.17) is 16.0 Å². The molecule has 0 aliphatic rings. The van der Waals surface area contributed by atoms with Crippen LogP contribution < -0.4 is 0 Å². The Morgan fingerprint density at radius 2 is 2.31 bits per heavy atom. The molecule has 84 valence electrons. The lowest BCUT2D eigenvalue weighted by molar-refractivity contribution is -0.109. The van der Waals surface area contributed by atoms with Crippen LogP contribution in [0.2, 0.25) is 0 Å². The highest BCUT2D eigenvalue weighted by molar-refractivity contribution is 7.98. The molecule has 16 heavy (non-hydrogen) atoms. The van der Waals surface area contributed by atoms with E-state index >= 15 is 0 Å². The molecule has 0 bridgehead atoms. The van der Waals surface area contributed by atoms with E-state index < -0.39 is 4.87 Å². The van der Waals surface area contributed by atoms with Gasteiger partial charge in [-0.2, -0.15) is 0 Å². The van der Waals surface area contributed by atoms with E-state index in [1.807, 2.05) is 12.3 Å². The Morgan fingerprint density at radius 1 is 1.56 bits per heavy atom. The molecule has 0 N–H and O–H groups in total. The van der Waals surface area contributed by atoms with Crippen molar-refractivity contribution >= 4 is 40.7 Å². The van der Waals surface area contributed by atoms with Crippen molar-refractivity contribution in [3.8, 4) is 0 Å². The van der Waals surface area contributed by atoms with Crippen molar-refractivity contribution in [1.82, 2.24) is 4.98 Å². The highest BCUT2D eigenvalue weighted by Crippen LogP contribution is 2.33. The van der Waals surface area contributed by atoms with Gasteiger partial charge >= 0.3 is 0 Å². The summed E-state index contributed by atoms with van der Waals surface area (Å²) in [5.41, 5.74) is 1.97. The maximum Gasteiger partial charge on any atom is 0.256 e. The fourth-order valence-corrected chi connectivity index (χ4v) is 1.98. The number of halogens is 1. The molecule has 1 atom stereocenters. The van der Waals surface area contributed by atoms with E-state index in [0.717, 1.165) is 0 Å². The Bertz CT molecular complexity index is 536. The zero-order valence-corrected chi connectivity index (χ0v) is 10.4. The van der Waals surface area contributed by atoms with Gasteiger partial charge in [-0.3, -0.25) is 0 Å². The molecular weight excluding hydrogens is 246 g/mol. The van der Waals surface area contributed by atoms with Crippen LogP contribution in [-0.2, 0) is 9.67 Å². The van der Waals surface area contributed by atoms with Gasteiger partial charge in [0.15, 0.2) is 5.58 Å². The summed E-state index contributed by atoms with van der Waals surface area (Å²) >= 11 is 7.53. The number of aromatic nitrogens is 1. The average Bonchev–Trinajstić information content (AvgIpc) is 2.71.